The van der Waals surface area contributed by atoms with Crippen LogP contribution in [-0.4, -0.2) is 50.5 Å². The molecule has 0 amide bonds. The van der Waals surface area contributed by atoms with Gasteiger partial charge in [-0.2, -0.15) is 0 Å². The van der Waals surface area contributed by atoms with Crippen LogP contribution < -0.4 is 14.5 Å². The maximum Gasteiger partial charge on any atom is 0.137 e. The zero-order valence-electron chi connectivity index (χ0n) is 17.0. The number of aliphatic hydroxyl groups excluding tert-OH is 1. The standard InChI is InChI=1S/C25H27ClN2O2/c26-24-8-4-5-9-25(24)28-16-14-27(15-17-28)18-22(29)19-30-23-12-10-21(11-13-23)20-6-2-1-3-7-20/h1-13,22,29H,14-19H2/p+1/t22-/m0/s1. The van der Waals surface area contributed by atoms with Crippen LogP contribution in [0.5, 0.6) is 5.75 Å². The molecular formula is C25H28ClN2O2+. The van der Waals surface area contributed by atoms with Crippen molar-refractivity contribution in [3.63, 3.8) is 0 Å². The molecule has 1 heterocycles. The molecule has 0 radical (unpaired) electrons. The van der Waals surface area contributed by atoms with E-state index in [0.717, 1.165) is 48.2 Å². The van der Waals surface area contributed by atoms with Crippen LogP contribution in [0.1, 0.15) is 0 Å². The Morgan fingerprint density at radius 2 is 1.50 bits per heavy atom. The van der Waals surface area contributed by atoms with Crippen molar-refractivity contribution in [3.8, 4) is 16.9 Å². The van der Waals surface area contributed by atoms with Crippen molar-refractivity contribution in [2.45, 2.75) is 6.10 Å². The van der Waals surface area contributed by atoms with Crippen LogP contribution in [0, 0.1) is 0 Å². The van der Waals surface area contributed by atoms with Gasteiger partial charge < -0.3 is 19.6 Å². The Bertz CT molecular complexity index is 925. The first-order chi connectivity index (χ1) is 14.7. The van der Waals surface area contributed by atoms with Gasteiger partial charge in [-0.1, -0.05) is 66.2 Å². The topological polar surface area (TPSA) is 37.1 Å². The fourth-order valence-corrected chi connectivity index (χ4v) is 4.19. The maximum atomic E-state index is 10.4. The molecule has 3 aromatic rings. The van der Waals surface area contributed by atoms with Crippen molar-refractivity contribution in [2.24, 2.45) is 0 Å². The summed E-state index contributed by atoms with van der Waals surface area (Å²) in [5.74, 6) is 0.785. The number of nitrogens with one attached hydrogen (secondary N) is 1. The molecule has 1 aliphatic rings. The van der Waals surface area contributed by atoms with E-state index in [-0.39, 0.29) is 0 Å². The second kappa shape index (κ2) is 9.98. The highest BCUT2D eigenvalue weighted by atomic mass is 35.5. The number of nitrogens with zero attached hydrogens (tertiary/aromatic N) is 1. The lowest BCUT2D eigenvalue weighted by molar-refractivity contribution is -0.903. The van der Waals surface area contributed by atoms with Crippen molar-refractivity contribution >= 4 is 17.3 Å². The van der Waals surface area contributed by atoms with Gasteiger partial charge in [-0.3, -0.25) is 0 Å². The Hall–Kier alpha value is -2.53. The Morgan fingerprint density at radius 1 is 0.867 bits per heavy atom. The molecule has 2 N–H and O–H groups in total. The Labute approximate surface area is 183 Å². The smallest absolute Gasteiger partial charge is 0.137 e. The number of benzene rings is 3. The van der Waals surface area contributed by atoms with Gasteiger partial charge in [0.05, 0.1) is 36.9 Å². The van der Waals surface area contributed by atoms with Crippen molar-refractivity contribution < 1.29 is 14.7 Å². The number of aliphatic hydroxyl groups is 1. The molecule has 0 aliphatic carbocycles. The number of para-hydroxylation sites is 1. The second-order valence-corrected chi connectivity index (χ2v) is 8.16. The third-order valence-corrected chi connectivity index (χ3v) is 5.91. The number of halogens is 1. The van der Waals surface area contributed by atoms with Gasteiger partial charge in [-0.15, -0.1) is 0 Å². The first kappa shape index (κ1) is 20.7. The number of hydrogen-bond acceptors (Lipinski definition) is 3. The highest BCUT2D eigenvalue weighted by Crippen LogP contribution is 2.25. The van der Waals surface area contributed by atoms with Crippen LogP contribution in [0.15, 0.2) is 78.9 Å². The van der Waals surface area contributed by atoms with Gasteiger partial charge in [0.25, 0.3) is 0 Å². The highest BCUT2D eigenvalue weighted by molar-refractivity contribution is 6.33. The number of anilines is 1. The van der Waals surface area contributed by atoms with Gasteiger partial charge in [0, 0.05) is 0 Å². The van der Waals surface area contributed by atoms with Crippen molar-refractivity contribution in [3.05, 3.63) is 83.9 Å². The minimum Gasteiger partial charge on any atom is -0.491 e. The third kappa shape index (κ3) is 5.33. The molecule has 1 fully saturated rings. The summed E-state index contributed by atoms with van der Waals surface area (Å²) in [5, 5.41) is 11.2. The molecule has 156 valence electrons. The molecule has 3 aromatic carbocycles. The molecule has 1 saturated heterocycles. The van der Waals surface area contributed by atoms with Crippen LogP contribution in [0.25, 0.3) is 11.1 Å². The monoisotopic (exact) mass is 423 g/mol. The summed E-state index contributed by atoms with van der Waals surface area (Å²) in [5.41, 5.74) is 3.44. The zero-order chi connectivity index (χ0) is 20.8. The molecule has 0 unspecified atom stereocenters. The van der Waals surface area contributed by atoms with Crippen LogP contribution in [-0.2, 0) is 0 Å². The molecule has 0 spiro atoms. The van der Waals surface area contributed by atoms with E-state index in [1.165, 1.54) is 10.5 Å². The highest BCUT2D eigenvalue weighted by Gasteiger charge is 2.23. The van der Waals surface area contributed by atoms with E-state index >= 15 is 0 Å². The summed E-state index contributed by atoms with van der Waals surface area (Å²) in [6.45, 7) is 4.84. The molecule has 1 aliphatic heterocycles. The van der Waals surface area contributed by atoms with Crippen molar-refractivity contribution in [1.29, 1.82) is 0 Å². The van der Waals surface area contributed by atoms with Gasteiger partial charge >= 0.3 is 0 Å². The second-order valence-electron chi connectivity index (χ2n) is 7.75. The number of piperazine rings is 1. The lowest BCUT2D eigenvalue weighted by Gasteiger charge is -2.34. The molecule has 1 atom stereocenters. The zero-order valence-corrected chi connectivity index (χ0v) is 17.8. The summed E-state index contributed by atoms with van der Waals surface area (Å²) >= 11 is 6.32. The van der Waals surface area contributed by atoms with Crippen LogP contribution in [0.4, 0.5) is 5.69 Å². The fraction of sp³-hybridized carbons (Fsp3) is 0.280. The van der Waals surface area contributed by atoms with Gasteiger partial charge in [0.1, 0.15) is 25.0 Å². The minimum atomic E-state index is -0.485. The third-order valence-electron chi connectivity index (χ3n) is 5.59. The number of rotatable bonds is 7. The quantitative estimate of drug-likeness (QED) is 0.613. The summed E-state index contributed by atoms with van der Waals surface area (Å²) < 4.78 is 5.82. The predicted molar refractivity (Wildman–Crippen MR) is 123 cm³/mol. The van der Waals surface area contributed by atoms with Gasteiger partial charge in [-0.25, -0.2) is 0 Å². The number of hydrogen-bond donors (Lipinski definition) is 2. The molecule has 30 heavy (non-hydrogen) atoms. The van der Waals surface area contributed by atoms with Crippen LogP contribution >= 0.6 is 11.6 Å². The lowest BCUT2D eigenvalue weighted by atomic mass is 10.1. The fourth-order valence-electron chi connectivity index (χ4n) is 3.93. The average molecular weight is 424 g/mol. The first-order valence-corrected chi connectivity index (χ1v) is 10.9. The summed E-state index contributed by atoms with van der Waals surface area (Å²) in [4.78, 5) is 3.72. The summed E-state index contributed by atoms with van der Waals surface area (Å²) in [6, 6.07) is 26.3. The van der Waals surface area contributed by atoms with Crippen molar-refractivity contribution in [2.75, 3.05) is 44.2 Å². The van der Waals surface area contributed by atoms with Gasteiger partial charge in [-0.05, 0) is 35.4 Å². The largest absolute Gasteiger partial charge is 0.491 e. The Kier molecular flexibility index (Phi) is 6.90. The SMILES string of the molecule is O[C@H](COc1ccc(-c2ccccc2)cc1)C[NH+]1CCN(c2ccccc2Cl)CC1. The van der Waals surface area contributed by atoms with E-state index < -0.39 is 6.10 Å². The molecule has 0 saturated carbocycles. The Morgan fingerprint density at radius 3 is 2.20 bits per heavy atom. The lowest BCUT2D eigenvalue weighted by Crippen LogP contribution is -3.16. The number of quaternary nitrogens is 1. The van der Waals surface area contributed by atoms with Gasteiger partial charge in [0.15, 0.2) is 0 Å². The van der Waals surface area contributed by atoms with Crippen molar-refractivity contribution in [1.82, 2.24) is 0 Å². The average Bonchev–Trinajstić information content (AvgIpc) is 2.80. The van der Waals surface area contributed by atoms with E-state index in [2.05, 4.69) is 35.2 Å². The van der Waals surface area contributed by atoms with E-state index in [1.807, 2.05) is 48.5 Å². The summed E-state index contributed by atoms with van der Waals surface area (Å²) in [7, 11) is 0. The molecule has 4 nitrogen and oxygen atoms in total. The molecule has 5 heteroatoms. The van der Waals surface area contributed by atoms with E-state index in [1.54, 1.807) is 0 Å². The maximum absolute atomic E-state index is 10.4. The predicted octanol–water partition coefficient (Wildman–Crippen LogP) is 3.15. The number of ether oxygens (including phenoxy) is 1. The normalized spacial score (nSPS) is 15.7. The van der Waals surface area contributed by atoms with E-state index in [0.29, 0.717) is 13.2 Å². The molecule has 0 bridgehead atoms. The molecule has 4 rings (SSSR count). The van der Waals surface area contributed by atoms with Crippen LogP contribution in [0.2, 0.25) is 5.02 Å². The first-order valence-electron chi connectivity index (χ1n) is 10.5. The summed E-state index contributed by atoms with van der Waals surface area (Å²) in [6.07, 6.45) is -0.485. The molecular weight excluding hydrogens is 396 g/mol. The minimum absolute atomic E-state index is 0.308. The van der Waals surface area contributed by atoms with E-state index in [4.69, 9.17) is 16.3 Å². The van der Waals surface area contributed by atoms with Gasteiger partial charge in [0.2, 0.25) is 0 Å². The molecule has 0 aromatic heterocycles. The van der Waals surface area contributed by atoms with Crippen LogP contribution in [0.3, 0.4) is 0 Å². The Balaban J connectivity index is 1.22. The van der Waals surface area contributed by atoms with E-state index in [9.17, 15) is 5.11 Å².